The topological polar surface area (TPSA) is 18.5 Å². The number of rotatable bonds is 0. The zero-order valence-electron chi connectivity index (χ0n) is 4.47. The van der Waals surface area contributed by atoms with Crippen LogP contribution in [0.1, 0.15) is 13.8 Å². The summed E-state index contributed by atoms with van der Waals surface area (Å²) in [6, 6.07) is 0. The molecule has 1 aliphatic heterocycles. The van der Waals surface area contributed by atoms with Gasteiger partial charge in [-0.15, -0.1) is 0 Å². The van der Waals surface area contributed by atoms with Gasteiger partial charge in [0.15, 0.2) is 0 Å². The van der Waals surface area contributed by atoms with Gasteiger partial charge >= 0.3 is 49.7 Å². The fourth-order valence-electron chi connectivity index (χ4n) is 0.371. The monoisotopic (exact) mass is 162 g/mol. The fraction of sp³-hybridized carbons (Fsp3) is 1.00. The van der Waals surface area contributed by atoms with E-state index in [2.05, 4.69) is 0 Å². The van der Waals surface area contributed by atoms with Gasteiger partial charge in [-0.2, -0.15) is 0 Å². The van der Waals surface area contributed by atoms with Gasteiger partial charge in [0.05, 0.1) is 0 Å². The molecule has 1 rings (SSSR count). The molecule has 0 bridgehead atoms. The van der Waals surface area contributed by atoms with Gasteiger partial charge in [-0.3, -0.25) is 0 Å². The van der Waals surface area contributed by atoms with Gasteiger partial charge in [0.1, 0.15) is 0 Å². The van der Waals surface area contributed by atoms with Crippen molar-refractivity contribution in [1.82, 2.24) is 0 Å². The second-order valence-corrected chi connectivity index (χ2v) is 3.07. The quantitative estimate of drug-likeness (QED) is 0.476. The maximum atomic E-state index is 5.17. The van der Waals surface area contributed by atoms with Crippen LogP contribution in [-0.2, 0) is 7.53 Å². The van der Waals surface area contributed by atoms with Crippen molar-refractivity contribution in [3.63, 3.8) is 0 Å². The van der Waals surface area contributed by atoms with E-state index < -0.39 is 16.1 Å². The van der Waals surface area contributed by atoms with Crippen LogP contribution in [-0.4, -0.2) is 28.3 Å². The van der Waals surface area contributed by atoms with Gasteiger partial charge in [-0.1, -0.05) is 0 Å². The van der Waals surface area contributed by atoms with E-state index in [9.17, 15) is 0 Å². The van der Waals surface area contributed by atoms with E-state index in [1.165, 1.54) is 0 Å². The van der Waals surface area contributed by atoms with E-state index in [4.69, 9.17) is 7.53 Å². The molecule has 40 valence electrons. The van der Waals surface area contributed by atoms with Gasteiger partial charge in [0, 0.05) is 0 Å². The van der Waals surface area contributed by atoms with Crippen molar-refractivity contribution in [1.29, 1.82) is 0 Å². The third-order valence-corrected chi connectivity index (χ3v) is 3.09. The van der Waals surface area contributed by atoms with Gasteiger partial charge in [0.25, 0.3) is 0 Å². The third-order valence-electron chi connectivity index (χ3n) is 1.13. The molecule has 0 amide bonds. The molecule has 0 aromatic heterocycles. The second-order valence-electron chi connectivity index (χ2n) is 1.73. The average Bonchev–Trinajstić information content (AvgIpc) is 1.91. The molecule has 0 unspecified atom stereocenters. The van der Waals surface area contributed by atoms with E-state index in [1.807, 2.05) is 13.8 Å². The van der Waals surface area contributed by atoms with E-state index >= 15 is 0 Å². The average molecular weight is 161 g/mol. The van der Waals surface area contributed by atoms with Crippen molar-refractivity contribution < 1.29 is 7.53 Å². The van der Waals surface area contributed by atoms with Crippen LogP contribution < -0.4 is 0 Å². The molecule has 0 spiro atoms. The van der Waals surface area contributed by atoms with Crippen LogP contribution in [0.15, 0.2) is 0 Å². The first-order valence-electron chi connectivity index (χ1n) is 2.37. The van der Waals surface area contributed by atoms with Crippen LogP contribution in [0, 0.1) is 0 Å². The zero-order chi connectivity index (χ0) is 5.28. The molecule has 3 heteroatoms. The summed E-state index contributed by atoms with van der Waals surface area (Å²) >= 11 is -0.449. The third kappa shape index (κ3) is 1.18. The number of hydrogen-bond acceptors (Lipinski definition) is 2. The summed E-state index contributed by atoms with van der Waals surface area (Å²) in [6.07, 6.45) is 0.694. The van der Waals surface area contributed by atoms with Crippen molar-refractivity contribution in [2.24, 2.45) is 0 Å². The Balaban J connectivity index is 2.33. The number of hydrogen-bond donors (Lipinski definition) is 0. The van der Waals surface area contributed by atoms with E-state index in [-0.39, 0.29) is 0 Å². The minimum absolute atomic E-state index is 0.347. The first-order chi connectivity index (χ1) is 3.30. The van der Waals surface area contributed by atoms with Gasteiger partial charge in [-0.05, 0) is 0 Å². The van der Waals surface area contributed by atoms with E-state index in [0.29, 0.717) is 12.2 Å². The molecule has 7 heavy (non-hydrogen) atoms. The second kappa shape index (κ2) is 2.15. The summed E-state index contributed by atoms with van der Waals surface area (Å²) in [7, 11) is 0. The van der Waals surface area contributed by atoms with Crippen LogP contribution >= 0.6 is 0 Å². The van der Waals surface area contributed by atoms with Crippen molar-refractivity contribution in [2.75, 3.05) is 0 Å². The standard InChI is InChI=1S/C4H8GeO2/c1-3-4(2)7-5-6-3/h3-4H,1-2H3/t3-,4+. The Labute approximate surface area is 50.3 Å². The Kier molecular flexibility index (Phi) is 1.72. The van der Waals surface area contributed by atoms with Crippen LogP contribution in [0.2, 0.25) is 0 Å². The molecule has 2 atom stereocenters. The van der Waals surface area contributed by atoms with E-state index in [0.717, 1.165) is 0 Å². The summed E-state index contributed by atoms with van der Waals surface area (Å²) < 4.78 is 10.3. The molecule has 0 aliphatic carbocycles. The van der Waals surface area contributed by atoms with Gasteiger partial charge < -0.3 is 0 Å². The molecule has 1 aliphatic rings. The summed E-state index contributed by atoms with van der Waals surface area (Å²) in [5.41, 5.74) is 0. The minimum atomic E-state index is -0.449. The van der Waals surface area contributed by atoms with Crippen molar-refractivity contribution in [2.45, 2.75) is 26.1 Å². The normalized spacial score (nSPS) is 42.0. The molecular weight excluding hydrogens is 153 g/mol. The summed E-state index contributed by atoms with van der Waals surface area (Å²) in [5, 5.41) is 0. The Morgan fingerprint density at radius 1 is 1.14 bits per heavy atom. The van der Waals surface area contributed by atoms with Crippen LogP contribution in [0.3, 0.4) is 0 Å². The Hall–Kier alpha value is 0.463. The fourth-order valence-corrected chi connectivity index (χ4v) is 1.93. The Bertz CT molecular complexity index is 58.7. The molecule has 0 aromatic carbocycles. The first-order valence-corrected chi connectivity index (χ1v) is 4.08. The molecular formula is C4H8GeO2. The maximum absolute atomic E-state index is 5.17. The molecule has 0 N–H and O–H groups in total. The van der Waals surface area contributed by atoms with Crippen molar-refractivity contribution >= 4 is 16.1 Å². The van der Waals surface area contributed by atoms with E-state index in [1.54, 1.807) is 0 Å². The molecule has 1 saturated heterocycles. The van der Waals surface area contributed by atoms with Crippen molar-refractivity contribution in [3.8, 4) is 0 Å². The Morgan fingerprint density at radius 2 is 1.57 bits per heavy atom. The predicted octanol–water partition coefficient (Wildman–Crippen LogP) is 0.344. The van der Waals surface area contributed by atoms with Crippen LogP contribution in [0.5, 0.6) is 0 Å². The SMILES string of the molecule is C[C@@H]1[O][Ge][O][C@@H]1C. The molecule has 2 nitrogen and oxygen atoms in total. The molecule has 1 heterocycles. The summed E-state index contributed by atoms with van der Waals surface area (Å²) in [6.45, 7) is 4.09. The molecule has 2 radical (unpaired) electrons. The summed E-state index contributed by atoms with van der Waals surface area (Å²) in [5.74, 6) is 0. The Morgan fingerprint density at radius 3 is 1.71 bits per heavy atom. The zero-order valence-corrected chi connectivity index (χ0v) is 6.57. The molecule has 1 fully saturated rings. The van der Waals surface area contributed by atoms with Gasteiger partial charge in [-0.25, -0.2) is 0 Å². The van der Waals surface area contributed by atoms with Gasteiger partial charge in [0.2, 0.25) is 0 Å². The van der Waals surface area contributed by atoms with Crippen LogP contribution in [0.25, 0.3) is 0 Å². The predicted molar refractivity (Wildman–Crippen MR) is 26.8 cm³/mol. The first kappa shape index (κ1) is 5.60. The summed E-state index contributed by atoms with van der Waals surface area (Å²) in [4.78, 5) is 0. The molecule has 0 aromatic rings. The van der Waals surface area contributed by atoms with Crippen LogP contribution in [0.4, 0.5) is 0 Å². The molecule has 0 saturated carbocycles. The van der Waals surface area contributed by atoms with Crippen molar-refractivity contribution in [3.05, 3.63) is 0 Å².